The lowest BCUT2D eigenvalue weighted by molar-refractivity contribution is 0.441. The molecule has 0 spiro atoms. The second-order valence-electron chi connectivity index (χ2n) is 3.59. The van der Waals surface area contributed by atoms with E-state index in [-0.39, 0.29) is 22.1 Å². The zero-order chi connectivity index (χ0) is 13.8. The van der Waals surface area contributed by atoms with E-state index >= 15 is 0 Å². The molecular weight excluding hydrogens is 267 g/mol. The van der Waals surface area contributed by atoms with Gasteiger partial charge in [0.2, 0.25) is 0 Å². The summed E-state index contributed by atoms with van der Waals surface area (Å²) in [5, 5.41) is 17.9. The molecule has 0 aliphatic heterocycles. The van der Waals surface area contributed by atoms with E-state index in [4.69, 9.17) is 26.9 Å². The number of halogens is 2. The average Bonchev–Trinajstić information content (AvgIpc) is 2.42. The molecule has 0 bridgehead atoms. The number of nitrogens with zero attached hydrogens (tertiary/aromatic N) is 2. The maximum Gasteiger partial charge on any atom is 0.181 e. The van der Waals surface area contributed by atoms with Gasteiger partial charge in [0.05, 0.1) is 22.2 Å². The van der Waals surface area contributed by atoms with Crippen molar-refractivity contribution >= 4 is 11.6 Å². The molecule has 0 amide bonds. The number of nitriles is 2. The van der Waals surface area contributed by atoms with E-state index in [9.17, 15) is 4.39 Å². The molecule has 0 aromatic heterocycles. The Hall–Kier alpha value is -2.56. The molecular formula is C14H6ClFN2O. The molecule has 5 heteroatoms. The van der Waals surface area contributed by atoms with E-state index in [1.807, 2.05) is 12.1 Å². The largest absolute Gasteiger partial charge is 0.451 e. The van der Waals surface area contributed by atoms with Gasteiger partial charge >= 0.3 is 0 Å². The summed E-state index contributed by atoms with van der Waals surface area (Å²) in [6, 6.07) is 12.2. The van der Waals surface area contributed by atoms with Crippen molar-refractivity contribution < 1.29 is 9.13 Å². The second-order valence-corrected chi connectivity index (χ2v) is 3.99. The predicted octanol–water partition coefficient (Wildman–Crippen LogP) is 4.01. The van der Waals surface area contributed by atoms with E-state index in [2.05, 4.69) is 0 Å². The summed E-state index contributed by atoms with van der Waals surface area (Å²) in [4.78, 5) is 0. The third kappa shape index (κ3) is 2.65. The van der Waals surface area contributed by atoms with Gasteiger partial charge in [0, 0.05) is 0 Å². The van der Waals surface area contributed by atoms with Gasteiger partial charge in [0.25, 0.3) is 0 Å². The summed E-state index contributed by atoms with van der Waals surface area (Å²) >= 11 is 5.84. The highest BCUT2D eigenvalue weighted by Crippen LogP contribution is 2.33. The van der Waals surface area contributed by atoms with Crippen LogP contribution in [0, 0.1) is 28.5 Å². The lowest BCUT2D eigenvalue weighted by Gasteiger charge is -2.09. The Labute approximate surface area is 114 Å². The van der Waals surface area contributed by atoms with Crippen molar-refractivity contribution in [3.8, 4) is 23.6 Å². The van der Waals surface area contributed by atoms with Gasteiger partial charge < -0.3 is 4.74 Å². The van der Waals surface area contributed by atoms with Crippen LogP contribution in [-0.2, 0) is 0 Å². The summed E-state index contributed by atoms with van der Waals surface area (Å²) in [6.07, 6.45) is 0. The molecule has 0 saturated heterocycles. The van der Waals surface area contributed by atoms with Crippen LogP contribution in [0.2, 0.25) is 5.02 Å². The van der Waals surface area contributed by atoms with Crippen LogP contribution in [0.15, 0.2) is 36.4 Å². The normalized spacial score (nSPS) is 9.47. The number of rotatable bonds is 2. The molecule has 2 aromatic rings. The minimum atomic E-state index is -0.640. The van der Waals surface area contributed by atoms with Crippen molar-refractivity contribution in [2.75, 3.05) is 0 Å². The molecule has 2 rings (SSSR count). The van der Waals surface area contributed by atoms with Gasteiger partial charge in [0.15, 0.2) is 11.6 Å². The number of ether oxygens (including phenoxy) is 1. The molecule has 0 aliphatic rings. The highest BCUT2D eigenvalue weighted by Gasteiger charge is 2.12. The summed E-state index contributed by atoms with van der Waals surface area (Å²) < 4.78 is 18.9. The lowest BCUT2D eigenvalue weighted by Crippen LogP contribution is -1.93. The summed E-state index contributed by atoms with van der Waals surface area (Å²) in [7, 11) is 0. The fourth-order valence-electron chi connectivity index (χ4n) is 1.46. The third-order valence-electron chi connectivity index (χ3n) is 2.36. The molecule has 0 fully saturated rings. The fraction of sp³-hybridized carbons (Fsp3) is 0. The molecule has 19 heavy (non-hydrogen) atoms. The zero-order valence-corrected chi connectivity index (χ0v) is 10.3. The van der Waals surface area contributed by atoms with Crippen LogP contribution in [0.25, 0.3) is 0 Å². The van der Waals surface area contributed by atoms with Crippen LogP contribution in [0.5, 0.6) is 11.5 Å². The van der Waals surface area contributed by atoms with Crippen LogP contribution in [-0.4, -0.2) is 0 Å². The Morgan fingerprint density at radius 1 is 1.11 bits per heavy atom. The molecule has 0 heterocycles. The molecule has 92 valence electrons. The van der Waals surface area contributed by atoms with Crippen molar-refractivity contribution in [3.63, 3.8) is 0 Å². The van der Waals surface area contributed by atoms with Crippen LogP contribution in [0.4, 0.5) is 4.39 Å². The Kier molecular flexibility index (Phi) is 3.66. The maximum absolute atomic E-state index is 13.6. The Balaban J connectivity index is 2.49. The predicted molar refractivity (Wildman–Crippen MR) is 67.4 cm³/mol. The minimum absolute atomic E-state index is 0.0891. The summed E-state index contributed by atoms with van der Waals surface area (Å²) in [5.74, 6) is -0.719. The highest BCUT2D eigenvalue weighted by molar-refractivity contribution is 6.32. The highest BCUT2D eigenvalue weighted by atomic mass is 35.5. The topological polar surface area (TPSA) is 56.8 Å². The first-order valence-electron chi connectivity index (χ1n) is 5.22. The molecule has 2 aromatic carbocycles. The first-order valence-corrected chi connectivity index (χ1v) is 5.59. The van der Waals surface area contributed by atoms with Crippen molar-refractivity contribution in [2.45, 2.75) is 0 Å². The van der Waals surface area contributed by atoms with E-state index in [1.54, 1.807) is 0 Å². The number of hydrogen-bond donors (Lipinski definition) is 0. The number of hydrogen-bond acceptors (Lipinski definition) is 3. The van der Waals surface area contributed by atoms with Crippen molar-refractivity contribution in [1.82, 2.24) is 0 Å². The maximum atomic E-state index is 13.6. The second kappa shape index (κ2) is 5.39. The van der Waals surface area contributed by atoms with E-state index in [1.165, 1.54) is 36.4 Å². The van der Waals surface area contributed by atoms with Crippen LogP contribution in [0.3, 0.4) is 0 Å². The van der Waals surface area contributed by atoms with Gasteiger partial charge in [-0.2, -0.15) is 10.5 Å². The molecule has 3 nitrogen and oxygen atoms in total. The lowest BCUT2D eigenvalue weighted by atomic mass is 10.1. The monoisotopic (exact) mass is 272 g/mol. The summed E-state index contributed by atoms with van der Waals surface area (Å²) in [6.45, 7) is 0. The Morgan fingerprint density at radius 2 is 1.89 bits per heavy atom. The summed E-state index contributed by atoms with van der Waals surface area (Å²) in [5.41, 5.74) is 0.500. The van der Waals surface area contributed by atoms with E-state index in [0.29, 0.717) is 5.56 Å². The molecule has 0 saturated carbocycles. The van der Waals surface area contributed by atoms with E-state index < -0.39 is 5.82 Å². The minimum Gasteiger partial charge on any atom is -0.451 e. The Bertz CT molecular complexity index is 696. The first-order chi connectivity index (χ1) is 9.15. The van der Waals surface area contributed by atoms with Gasteiger partial charge in [0.1, 0.15) is 11.8 Å². The van der Waals surface area contributed by atoms with Crippen molar-refractivity contribution in [2.24, 2.45) is 0 Å². The quantitative estimate of drug-likeness (QED) is 0.830. The van der Waals surface area contributed by atoms with Gasteiger partial charge in [-0.05, 0) is 30.3 Å². The van der Waals surface area contributed by atoms with Gasteiger partial charge in [-0.25, -0.2) is 4.39 Å². The van der Waals surface area contributed by atoms with Crippen molar-refractivity contribution in [3.05, 3.63) is 58.4 Å². The molecule has 0 atom stereocenters. The van der Waals surface area contributed by atoms with Crippen LogP contribution >= 0.6 is 11.6 Å². The average molecular weight is 273 g/mol. The first kappa shape index (κ1) is 12.9. The van der Waals surface area contributed by atoms with Crippen LogP contribution < -0.4 is 4.74 Å². The smallest absolute Gasteiger partial charge is 0.181 e. The third-order valence-corrected chi connectivity index (χ3v) is 2.66. The SMILES string of the molecule is N#Cc1ccc(C#N)c(Oc2c(F)cccc2Cl)c1. The number of benzene rings is 2. The van der Waals surface area contributed by atoms with Gasteiger partial charge in [-0.1, -0.05) is 17.7 Å². The fourth-order valence-corrected chi connectivity index (χ4v) is 1.66. The van der Waals surface area contributed by atoms with Gasteiger partial charge in [-0.15, -0.1) is 0 Å². The van der Waals surface area contributed by atoms with Gasteiger partial charge in [-0.3, -0.25) is 0 Å². The van der Waals surface area contributed by atoms with Crippen molar-refractivity contribution in [1.29, 1.82) is 10.5 Å². The Morgan fingerprint density at radius 3 is 2.53 bits per heavy atom. The zero-order valence-electron chi connectivity index (χ0n) is 9.52. The standard InChI is InChI=1S/C14H6ClFN2O/c15-11-2-1-3-12(16)14(11)19-13-6-9(7-17)4-5-10(13)8-18/h1-6H. The molecule has 0 N–H and O–H groups in total. The molecule has 0 unspecified atom stereocenters. The number of para-hydroxylation sites is 1. The van der Waals surface area contributed by atoms with Crippen LogP contribution in [0.1, 0.15) is 11.1 Å². The molecule has 0 radical (unpaired) electrons. The van der Waals surface area contributed by atoms with E-state index in [0.717, 1.165) is 0 Å². The molecule has 0 aliphatic carbocycles.